The Balaban J connectivity index is 1.90. The largest absolute Gasteiger partial charge is 0.494 e. The van der Waals surface area contributed by atoms with Crippen molar-refractivity contribution in [2.45, 2.75) is 59.3 Å². The average molecular weight is 383 g/mol. The highest BCUT2D eigenvalue weighted by Crippen LogP contribution is 2.15. The maximum atomic E-state index is 5.58. The molecule has 6 nitrogen and oxygen atoms in total. The Morgan fingerprint density at radius 1 is 1.11 bits per heavy atom. The van der Waals surface area contributed by atoms with Crippen LogP contribution in [-0.2, 0) is 6.42 Å². The van der Waals surface area contributed by atoms with Crippen LogP contribution >= 0.6 is 0 Å². The zero-order chi connectivity index (χ0) is 19.9. The Hall–Kier alpha value is -2.63. The minimum atomic E-state index is 0.804. The van der Waals surface area contributed by atoms with Crippen molar-refractivity contribution in [3.05, 3.63) is 39.8 Å². The van der Waals surface area contributed by atoms with E-state index in [1.165, 1.54) is 30.5 Å². The summed E-state index contributed by atoms with van der Waals surface area (Å²) in [7, 11) is 1.69. The third-order valence-electron chi connectivity index (χ3n) is 5.08. The molecule has 0 bridgehead atoms. The van der Waals surface area contributed by atoms with E-state index in [1.807, 2.05) is 17.0 Å². The van der Waals surface area contributed by atoms with E-state index >= 15 is 0 Å². The Bertz CT molecular complexity index is 977. The summed E-state index contributed by atoms with van der Waals surface area (Å²) in [6.07, 6.45) is 11.2. The van der Waals surface area contributed by atoms with Crippen LogP contribution in [0.4, 0.5) is 0 Å². The van der Waals surface area contributed by atoms with Gasteiger partial charge in [-0.05, 0) is 43.9 Å². The fraction of sp³-hybridized carbons (Fsp3) is 0.500. The standard InChI is InChI=1S/C22H31N5O/c1-5-7-9-10-17-12-18(23-16(17)3)13-20-22(28-4)14-19(24-20)21-15-27(26-25-21)11-8-6-2/h12-15H,5-11H2,1-4H3,(H,23,24)/p+1. The first kappa shape index (κ1) is 20.1. The summed E-state index contributed by atoms with van der Waals surface area (Å²) in [6, 6.07) is 4.23. The van der Waals surface area contributed by atoms with Gasteiger partial charge in [0.2, 0.25) is 0 Å². The van der Waals surface area contributed by atoms with E-state index in [1.54, 1.807) is 7.11 Å². The van der Waals surface area contributed by atoms with Gasteiger partial charge in [-0.25, -0.2) is 0 Å². The number of hydrogen-bond acceptors (Lipinski definition) is 3. The maximum Gasteiger partial charge on any atom is 0.267 e. The molecule has 0 saturated heterocycles. The Kier molecular flexibility index (Phi) is 6.85. The number of nitrogens with one attached hydrogen (secondary N) is 2. The molecule has 1 aliphatic rings. The number of rotatable bonds is 9. The number of nitrogens with zero attached hydrogens (tertiary/aromatic N) is 3. The van der Waals surface area contributed by atoms with Gasteiger partial charge in [-0.1, -0.05) is 33.1 Å². The lowest BCUT2D eigenvalue weighted by atomic mass is 10.1. The van der Waals surface area contributed by atoms with Crippen LogP contribution < -0.4 is 15.4 Å². The van der Waals surface area contributed by atoms with Crippen LogP contribution in [0.1, 0.15) is 62.9 Å². The highest BCUT2D eigenvalue weighted by molar-refractivity contribution is 5.98. The van der Waals surface area contributed by atoms with Crippen molar-refractivity contribution in [1.82, 2.24) is 9.97 Å². The molecule has 6 heteroatoms. The summed E-state index contributed by atoms with van der Waals surface area (Å²) >= 11 is 0. The fourth-order valence-corrected chi connectivity index (χ4v) is 3.40. The number of hydrogen-bond donors (Lipinski definition) is 2. The quantitative estimate of drug-likeness (QED) is 0.505. The van der Waals surface area contributed by atoms with Gasteiger partial charge in [-0.3, -0.25) is 0 Å². The first-order valence-corrected chi connectivity index (χ1v) is 10.3. The fourth-order valence-electron chi connectivity index (χ4n) is 3.40. The van der Waals surface area contributed by atoms with Crippen LogP contribution in [-0.4, -0.2) is 34.5 Å². The van der Waals surface area contributed by atoms with E-state index in [0.29, 0.717) is 0 Å². The molecular formula is C22H32N5O+. The predicted molar refractivity (Wildman–Crippen MR) is 113 cm³/mol. The monoisotopic (exact) mass is 382 g/mol. The van der Waals surface area contributed by atoms with Crippen LogP contribution in [0.25, 0.3) is 11.8 Å². The summed E-state index contributed by atoms with van der Waals surface area (Å²) in [6.45, 7) is 7.45. The van der Waals surface area contributed by atoms with E-state index < -0.39 is 0 Å². The number of ether oxygens (including phenoxy) is 1. The van der Waals surface area contributed by atoms with Crippen molar-refractivity contribution in [2.24, 2.45) is 10.3 Å². The van der Waals surface area contributed by atoms with Crippen molar-refractivity contribution in [2.75, 3.05) is 13.7 Å². The van der Waals surface area contributed by atoms with Crippen molar-refractivity contribution >= 4 is 18.0 Å². The van der Waals surface area contributed by atoms with E-state index in [0.717, 1.165) is 53.6 Å². The van der Waals surface area contributed by atoms with Gasteiger partial charge in [0.05, 0.1) is 17.6 Å². The minimum absolute atomic E-state index is 0.804. The van der Waals surface area contributed by atoms with Gasteiger partial charge < -0.3 is 14.7 Å². The summed E-state index contributed by atoms with van der Waals surface area (Å²) in [5.41, 5.74) is 4.55. The third-order valence-corrected chi connectivity index (χ3v) is 5.08. The summed E-state index contributed by atoms with van der Waals surface area (Å²) < 4.78 is 7.47. The second-order valence-electron chi connectivity index (χ2n) is 7.36. The van der Waals surface area contributed by atoms with Crippen LogP contribution in [0.2, 0.25) is 0 Å². The van der Waals surface area contributed by atoms with E-state index in [2.05, 4.69) is 53.2 Å². The number of aromatic nitrogens is 2. The van der Waals surface area contributed by atoms with Crippen molar-refractivity contribution in [3.63, 3.8) is 0 Å². The second kappa shape index (κ2) is 9.53. The molecule has 0 unspecified atom stereocenters. The molecular weight excluding hydrogens is 350 g/mol. The third kappa shape index (κ3) is 4.80. The first-order chi connectivity index (χ1) is 13.6. The van der Waals surface area contributed by atoms with Crippen LogP contribution in [0, 0.1) is 6.92 Å². The molecule has 2 aromatic heterocycles. The SMILES string of the molecule is CCCCCc1cc(C=c2[nH]c(=C3C=[N+](CCCC)N=N3)cc2OC)[nH]c1C. The highest BCUT2D eigenvalue weighted by Gasteiger charge is 2.16. The lowest BCUT2D eigenvalue weighted by Crippen LogP contribution is -2.14. The predicted octanol–water partition coefficient (Wildman–Crippen LogP) is 3.59. The first-order valence-electron chi connectivity index (χ1n) is 10.3. The topological polar surface area (TPSA) is 68.5 Å². The summed E-state index contributed by atoms with van der Waals surface area (Å²) in [5, 5.41) is 10.4. The molecule has 0 spiro atoms. The normalized spacial score (nSPS) is 16.1. The highest BCUT2D eigenvalue weighted by atomic mass is 16.5. The van der Waals surface area contributed by atoms with Gasteiger partial charge in [0.25, 0.3) is 5.70 Å². The maximum absolute atomic E-state index is 5.58. The number of unbranched alkanes of at least 4 members (excludes halogenated alkanes) is 3. The molecule has 2 aromatic rings. The lowest BCUT2D eigenvalue weighted by Gasteiger charge is -1.97. The molecule has 0 fully saturated rings. The molecule has 0 radical (unpaired) electrons. The summed E-state index contributed by atoms with van der Waals surface area (Å²) in [5.74, 6) is 0.804. The molecule has 0 aliphatic carbocycles. The number of H-pyrrole nitrogens is 2. The lowest BCUT2D eigenvalue weighted by molar-refractivity contribution is -0.532. The number of aromatic amines is 2. The van der Waals surface area contributed by atoms with Crippen LogP contribution in [0.5, 0.6) is 5.75 Å². The van der Waals surface area contributed by atoms with Crippen molar-refractivity contribution < 1.29 is 9.42 Å². The van der Waals surface area contributed by atoms with Crippen LogP contribution in [0.3, 0.4) is 0 Å². The van der Waals surface area contributed by atoms with Crippen LogP contribution in [0.15, 0.2) is 22.5 Å². The smallest absolute Gasteiger partial charge is 0.267 e. The molecule has 0 aromatic carbocycles. The minimum Gasteiger partial charge on any atom is -0.494 e. The molecule has 3 heterocycles. The number of aryl methyl sites for hydroxylation is 2. The molecule has 2 N–H and O–H groups in total. The molecule has 28 heavy (non-hydrogen) atoms. The van der Waals surface area contributed by atoms with Crippen molar-refractivity contribution in [3.8, 4) is 5.75 Å². The van der Waals surface area contributed by atoms with E-state index in [9.17, 15) is 0 Å². The zero-order valence-corrected chi connectivity index (χ0v) is 17.5. The van der Waals surface area contributed by atoms with Gasteiger partial charge >= 0.3 is 0 Å². The molecule has 0 amide bonds. The average Bonchev–Trinajstić information content (AvgIpc) is 3.39. The van der Waals surface area contributed by atoms with Gasteiger partial charge in [0.1, 0.15) is 22.9 Å². The molecule has 1 aliphatic heterocycles. The van der Waals surface area contributed by atoms with Gasteiger partial charge in [0.15, 0.2) is 6.21 Å². The van der Waals surface area contributed by atoms with Gasteiger partial charge in [-0.15, -0.1) is 4.68 Å². The molecule has 0 saturated carbocycles. The zero-order valence-electron chi connectivity index (χ0n) is 17.5. The molecule has 0 atom stereocenters. The van der Waals surface area contributed by atoms with Gasteiger partial charge in [-0.2, -0.15) is 0 Å². The second-order valence-corrected chi connectivity index (χ2v) is 7.36. The summed E-state index contributed by atoms with van der Waals surface area (Å²) in [4.78, 5) is 6.92. The van der Waals surface area contributed by atoms with E-state index in [-0.39, 0.29) is 0 Å². The Morgan fingerprint density at radius 2 is 1.93 bits per heavy atom. The van der Waals surface area contributed by atoms with Gasteiger partial charge in [0, 0.05) is 17.5 Å². The Morgan fingerprint density at radius 3 is 2.68 bits per heavy atom. The number of methoxy groups -OCH3 is 1. The molecule has 3 rings (SSSR count). The van der Waals surface area contributed by atoms with Crippen molar-refractivity contribution in [1.29, 1.82) is 0 Å². The Labute approximate surface area is 166 Å². The van der Waals surface area contributed by atoms with E-state index in [4.69, 9.17) is 4.74 Å². The molecule has 150 valence electrons.